The molecule has 4 nitrogen and oxygen atoms in total. The van der Waals surface area contributed by atoms with Gasteiger partial charge in [0.05, 0.1) is 0 Å². The zero-order chi connectivity index (χ0) is 11.4. The first-order chi connectivity index (χ1) is 7.74. The Morgan fingerprint density at radius 3 is 2.81 bits per heavy atom. The maximum Gasteiger partial charge on any atom is 0.123 e. The highest BCUT2D eigenvalue weighted by atomic mass is 32.1. The second kappa shape index (κ2) is 5.21. The van der Waals surface area contributed by atoms with E-state index in [1.807, 2.05) is 0 Å². The molecule has 2 rings (SSSR count). The largest absolute Gasteiger partial charge is 0.381 e. The van der Waals surface area contributed by atoms with Gasteiger partial charge in [-0.25, -0.2) is 0 Å². The molecular formula is C11H19N3OS. The summed E-state index contributed by atoms with van der Waals surface area (Å²) in [7, 11) is 0. The van der Waals surface area contributed by atoms with Crippen molar-refractivity contribution < 1.29 is 4.74 Å². The van der Waals surface area contributed by atoms with E-state index in [1.165, 1.54) is 5.01 Å². The average Bonchev–Trinajstić information content (AvgIpc) is 2.77. The van der Waals surface area contributed by atoms with Crippen LogP contribution in [0.15, 0.2) is 0 Å². The summed E-state index contributed by atoms with van der Waals surface area (Å²) >= 11 is 1.74. The molecule has 0 atom stereocenters. The number of hydrogen-bond donors (Lipinski definition) is 1. The number of ether oxygens (including phenoxy) is 1. The molecule has 0 bridgehead atoms. The molecule has 0 aliphatic carbocycles. The molecule has 1 fully saturated rings. The topological polar surface area (TPSA) is 61.0 Å². The van der Waals surface area contributed by atoms with Crippen LogP contribution in [0.25, 0.3) is 0 Å². The second-order valence-corrected chi connectivity index (χ2v) is 5.63. The molecule has 0 spiro atoms. The highest BCUT2D eigenvalue weighted by Crippen LogP contribution is 2.35. The van der Waals surface area contributed by atoms with E-state index in [2.05, 4.69) is 17.1 Å². The van der Waals surface area contributed by atoms with Gasteiger partial charge in [0.15, 0.2) is 0 Å². The molecule has 2 heterocycles. The van der Waals surface area contributed by atoms with E-state index >= 15 is 0 Å². The summed E-state index contributed by atoms with van der Waals surface area (Å²) < 4.78 is 5.40. The summed E-state index contributed by atoms with van der Waals surface area (Å²) in [6.45, 7) is 4.67. The van der Waals surface area contributed by atoms with Gasteiger partial charge >= 0.3 is 0 Å². The van der Waals surface area contributed by atoms with Crippen molar-refractivity contribution in [1.29, 1.82) is 0 Å². The van der Waals surface area contributed by atoms with Gasteiger partial charge in [-0.1, -0.05) is 6.92 Å². The molecule has 0 aromatic carbocycles. The highest BCUT2D eigenvalue weighted by molar-refractivity contribution is 7.11. The Bertz CT molecular complexity index is 334. The smallest absolute Gasteiger partial charge is 0.123 e. The van der Waals surface area contributed by atoms with E-state index in [9.17, 15) is 0 Å². The van der Waals surface area contributed by atoms with Crippen LogP contribution in [0, 0.1) is 0 Å². The monoisotopic (exact) mass is 241 g/mol. The number of rotatable bonds is 4. The fourth-order valence-electron chi connectivity index (χ4n) is 1.89. The lowest BCUT2D eigenvalue weighted by atomic mass is 9.83. The Balaban J connectivity index is 2.05. The van der Waals surface area contributed by atoms with Gasteiger partial charge in [-0.05, 0) is 25.8 Å². The van der Waals surface area contributed by atoms with Gasteiger partial charge in [0.1, 0.15) is 10.0 Å². The number of nitrogens with zero attached hydrogens (tertiary/aromatic N) is 2. The van der Waals surface area contributed by atoms with Gasteiger partial charge in [0, 0.05) is 25.0 Å². The molecule has 1 aliphatic rings. The van der Waals surface area contributed by atoms with Crippen molar-refractivity contribution in [3.63, 3.8) is 0 Å². The van der Waals surface area contributed by atoms with Crippen molar-refractivity contribution in [2.24, 2.45) is 5.73 Å². The standard InChI is InChI=1S/C11H19N3OS/c1-11(4-7-15-8-5-11)10-14-13-9(16-10)3-2-6-12/h2-8,12H2,1H3. The fraction of sp³-hybridized carbons (Fsp3) is 0.818. The van der Waals surface area contributed by atoms with E-state index in [-0.39, 0.29) is 5.41 Å². The Morgan fingerprint density at radius 1 is 1.38 bits per heavy atom. The SMILES string of the molecule is CC1(c2nnc(CCCN)s2)CCOCC1. The molecule has 0 saturated carbocycles. The first-order valence-corrected chi connectivity index (χ1v) is 6.67. The summed E-state index contributed by atoms with van der Waals surface area (Å²) in [5.74, 6) is 0. The van der Waals surface area contributed by atoms with Crippen LogP contribution in [0.2, 0.25) is 0 Å². The Morgan fingerprint density at radius 2 is 2.12 bits per heavy atom. The van der Waals surface area contributed by atoms with Gasteiger partial charge in [-0.15, -0.1) is 21.5 Å². The first-order valence-electron chi connectivity index (χ1n) is 5.85. The maximum atomic E-state index is 5.49. The minimum atomic E-state index is 0.177. The summed E-state index contributed by atoms with van der Waals surface area (Å²) in [5.41, 5.74) is 5.67. The minimum Gasteiger partial charge on any atom is -0.381 e. The van der Waals surface area contributed by atoms with Crippen LogP contribution in [0.3, 0.4) is 0 Å². The molecule has 0 radical (unpaired) electrons. The number of hydrogen-bond acceptors (Lipinski definition) is 5. The third kappa shape index (κ3) is 2.59. The van der Waals surface area contributed by atoms with Gasteiger partial charge in [0.25, 0.3) is 0 Å². The van der Waals surface area contributed by atoms with Crippen LogP contribution in [0.5, 0.6) is 0 Å². The van der Waals surface area contributed by atoms with E-state index in [4.69, 9.17) is 10.5 Å². The third-order valence-electron chi connectivity index (χ3n) is 3.17. The number of aryl methyl sites for hydroxylation is 1. The molecule has 0 unspecified atom stereocenters. The van der Waals surface area contributed by atoms with Crippen LogP contribution >= 0.6 is 11.3 Å². The molecular weight excluding hydrogens is 222 g/mol. The average molecular weight is 241 g/mol. The van der Waals surface area contributed by atoms with Crippen molar-refractivity contribution in [2.45, 2.75) is 38.0 Å². The zero-order valence-corrected chi connectivity index (χ0v) is 10.6. The van der Waals surface area contributed by atoms with Crippen LogP contribution in [-0.4, -0.2) is 30.0 Å². The van der Waals surface area contributed by atoms with E-state index in [0.29, 0.717) is 0 Å². The fourth-order valence-corrected chi connectivity index (χ4v) is 2.97. The van der Waals surface area contributed by atoms with Crippen LogP contribution in [0.4, 0.5) is 0 Å². The third-order valence-corrected chi connectivity index (χ3v) is 4.46. The van der Waals surface area contributed by atoms with E-state index < -0.39 is 0 Å². The molecule has 1 aliphatic heterocycles. The van der Waals surface area contributed by atoms with Gasteiger partial charge in [-0.3, -0.25) is 0 Å². The Kier molecular flexibility index (Phi) is 3.89. The lowest BCUT2D eigenvalue weighted by Gasteiger charge is -2.30. The van der Waals surface area contributed by atoms with Gasteiger partial charge < -0.3 is 10.5 Å². The molecule has 90 valence electrons. The van der Waals surface area contributed by atoms with Crippen molar-refractivity contribution >= 4 is 11.3 Å². The number of aromatic nitrogens is 2. The molecule has 2 N–H and O–H groups in total. The van der Waals surface area contributed by atoms with Gasteiger partial charge in [0.2, 0.25) is 0 Å². The predicted molar refractivity (Wildman–Crippen MR) is 64.7 cm³/mol. The lowest BCUT2D eigenvalue weighted by Crippen LogP contribution is -2.30. The molecule has 1 saturated heterocycles. The molecule has 16 heavy (non-hydrogen) atoms. The normalized spacial score (nSPS) is 19.9. The highest BCUT2D eigenvalue weighted by Gasteiger charge is 2.32. The van der Waals surface area contributed by atoms with Crippen LogP contribution < -0.4 is 5.73 Å². The maximum absolute atomic E-state index is 5.49. The van der Waals surface area contributed by atoms with Crippen molar-refractivity contribution in [1.82, 2.24) is 10.2 Å². The summed E-state index contributed by atoms with van der Waals surface area (Å²) in [6, 6.07) is 0. The second-order valence-electron chi connectivity index (χ2n) is 4.57. The first kappa shape index (κ1) is 12.0. The molecule has 5 heteroatoms. The Hall–Kier alpha value is -0.520. The van der Waals surface area contributed by atoms with Crippen LogP contribution in [0.1, 0.15) is 36.2 Å². The quantitative estimate of drug-likeness (QED) is 0.867. The van der Waals surface area contributed by atoms with Gasteiger partial charge in [-0.2, -0.15) is 0 Å². The van der Waals surface area contributed by atoms with Crippen molar-refractivity contribution in [2.75, 3.05) is 19.8 Å². The zero-order valence-electron chi connectivity index (χ0n) is 9.74. The predicted octanol–water partition coefficient (Wildman–Crippen LogP) is 1.50. The molecule has 0 amide bonds. The van der Waals surface area contributed by atoms with E-state index in [1.54, 1.807) is 11.3 Å². The summed E-state index contributed by atoms with van der Waals surface area (Å²) in [6.07, 6.45) is 4.06. The minimum absolute atomic E-state index is 0.177. The van der Waals surface area contributed by atoms with Crippen molar-refractivity contribution in [3.05, 3.63) is 10.0 Å². The lowest BCUT2D eigenvalue weighted by molar-refractivity contribution is 0.0561. The van der Waals surface area contributed by atoms with Crippen molar-refractivity contribution in [3.8, 4) is 0 Å². The Labute approximate surface area is 100 Å². The van der Waals surface area contributed by atoms with E-state index in [0.717, 1.165) is 50.4 Å². The van der Waals surface area contributed by atoms with Crippen LogP contribution in [-0.2, 0) is 16.6 Å². The molecule has 1 aromatic rings. The number of nitrogens with two attached hydrogens (primary N) is 1. The summed E-state index contributed by atoms with van der Waals surface area (Å²) in [5, 5.41) is 10.9. The summed E-state index contributed by atoms with van der Waals surface area (Å²) in [4.78, 5) is 0. The molecule has 1 aromatic heterocycles.